The number of carbonyl (C=O) groups excluding carboxylic acids is 1. The number of benzene rings is 1. The van der Waals surface area contributed by atoms with Crippen LogP contribution >= 0.6 is 0 Å². The monoisotopic (exact) mass is 251 g/mol. The maximum absolute atomic E-state index is 11.1. The zero-order valence-corrected chi connectivity index (χ0v) is 10.7. The van der Waals surface area contributed by atoms with Gasteiger partial charge in [0.05, 0.1) is 6.61 Å². The van der Waals surface area contributed by atoms with Crippen LogP contribution in [0.25, 0.3) is 0 Å². The highest BCUT2D eigenvalue weighted by molar-refractivity contribution is 5.93. The maximum Gasteiger partial charge on any atom is 0.248 e. The first kappa shape index (κ1) is 14.5. The summed E-state index contributed by atoms with van der Waals surface area (Å²) >= 11 is 0. The minimum atomic E-state index is -0.427. The summed E-state index contributed by atoms with van der Waals surface area (Å²) in [5, 5.41) is 3.32. The Hall–Kier alpha value is -1.59. The topological polar surface area (TPSA) is 90.4 Å². The lowest BCUT2D eigenvalue weighted by Gasteiger charge is -2.19. The van der Waals surface area contributed by atoms with E-state index in [1.54, 1.807) is 25.3 Å². The van der Waals surface area contributed by atoms with E-state index in [9.17, 15) is 4.79 Å². The Morgan fingerprint density at radius 1 is 1.50 bits per heavy atom. The number of anilines is 1. The maximum atomic E-state index is 11.1. The van der Waals surface area contributed by atoms with E-state index in [0.29, 0.717) is 18.7 Å². The van der Waals surface area contributed by atoms with Crippen molar-refractivity contribution >= 4 is 11.6 Å². The number of nitrogens with two attached hydrogens (primary N) is 2. The number of nitrogens with one attached hydrogen (secondary N) is 1. The van der Waals surface area contributed by atoms with Crippen molar-refractivity contribution in [1.29, 1.82) is 0 Å². The van der Waals surface area contributed by atoms with Crippen molar-refractivity contribution in [2.45, 2.75) is 18.9 Å². The molecule has 1 atom stereocenters. The number of ether oxygens (including phenoxy) is 1. The number of hydrogen-bond acceptors (Lipinski definition) is 4. The molecule has 0 fully saturated rings. The van der Waals surface area contributed by atoms with E-state index < -0.39 is 5.91 Å². The standard InChI is InChI=1S/C13H21N3O2/c1-18-9-12(6-3-7-14)16-11-5-2-4-10(8-11)13(15)17/h2,4-5,8,12,16H,3,6-7,9,14H2,1H3,(H2,15,17). The van der Waals surface area contributed by atoms with E-state index in [4.69, 9.17) is 16.2 Å². The number of primary amides is 1. The number of hydrogen-bond donors (Lipinski definition) is 3. The molecule has 1 rings (SSSR count). The fraction of sp³-hybridized carbons (Fsp3) is 0.462. The van der Waals surface area contributed by atoms with Gasteiger partial charge in [-0.05, 0) is 37.6 Å². The highest BCUT2D eigenvalue weighted by Gasteiger charge is 2.09. The van der Waals surface area contributed by atoms with Crippen molar-refractivity contribution in [3.8, 4) is 0 Å². The van der Waals surface area contributed by atoms with Crippen LogP contribution in [0.1, 0.15) is 23.2 Å². The van der Waals surface area contributed by atoms with Gasteiger partial charge >= 0.3 is 0 Å². The van der Waals surface area contributed by atoms with Gasteiger partial charge in [0.2, 0.25) is 5.91 Å². The summed E-state index contributed by atoms with van der Waals surface area (Å²) in [5.74, 6) is -0.427. The van der Waals surface area contributed by atoms with Crippen LogP contribution in [0, 0.1) is 0 Å². The minimum Gasteiger partial charge on any atom is -0.383 e. The fourth-order valence-electron chi connectivity index (χ4n) is 1.76. The molecule has 0 saturated carbocycles. The molecule has 0 bridgehead atoms. The molecule has 5 nitrogen and oxygen atoms in total. The van der Waals surface area contributed by atoms with Gasteiger partial charge in [0.1, 0.15) is 0 Å². The number of amides is 1. The van der Waals surface area contributed by atoms with E-state index in [1.807, 2.05) is 6.07 Å². The van der Waals surface area contributed by atoms with Crippen LogP contribution in [-0.4, -0.2) is 32.2 Å². The molecule has 5 N–H and O–H groups in total. The third-order valence-electron chi connectivity index (χ3n) is 2.64. The molecule has 18 heavy (non-hydrogen) atoms. The molecule has 5 heteroatoms. The van der Waals surface area contributed by atoms with Crippen molar-refractivity contribution in [2.24, 2.45) is 11.5 Å². The Balaban J connectivity index is 2.67. The lowest BCUT2D eigenvalue weighted by Crippen LogP contribution is -2.26. The average molecular weight is 251 g/mol. The second-order valence-corrected chi connectivity index (χ2v) is 4.17. The van der Waals surface area contributed by atoms with Crippen LogP contribution < -0.4 is 16.8 Å². The van der Waals surface area contributed by atoms with Gasteiger partial charge in [0.25, 0.3) is 0 Å². The Morgan fingerprint density at radius 3 is 2.89 bits per heavy atom. The number of carbonyl (C=O) groups is 1. The summed E-state index contributed by atoms with van der Waals surface area (Å²) in [6.07, 6.45) is 1.85. The predicted molar refractivity (Wildman–Crippen MR) is 72.5 cm³/mol. The molecule has 1 aromatic carbocycles. The second-order valence-electron chi connectivity index (χ2n) is 4.17. The molecular weight excluding hydrogens is 230 g/mol. The first-order valence-corrected chi connectivity index (χ1v) is 6.02. The Bertz CT molecular complexity index is 382. The Labute approximate surface area is 107 Å². The Morgan fingerprint density at radius 2 is 2.28 bits per heavy atom. The second kappa shape index (κ2) is 7.68. The van der Waals surface area contributed by atoms with Gasteiger partial charge in [-0.2, -0.15) is 0 Å². The first-order chi connectivity index (χ1) is 8.67. The van der Waals surface area contributed by atoms with E-state index >= 15 is 0 Å². The third-order valence-corrected chi connectivity index (χ3v) is 2.64. The van der Waals surface area contributed by atoms with Gasteiger partial charge in [-0.15, -0.1) is 0 Å². The molecule has 0 aromatic heterocycles. The van der Waals surface area contributed by atoms with Gasteiger partial charge in [0, 0.05) is 24.4 Å². The SMILES string of the molecule is COCC(CCCN)Nc1cccc(C(N)=O)c1. The molecule has 0 spiro atoms. The lowest BCUT2D eigenvalue weighted by molar-refractivity contribution is 0.100. The molecule has 1 aromatic rings. The smallest absolute Gasteiger partial charge is 0.248 e. The predicted octanol–water partition coefficient (Wildman–Crippen LogP) is 0.951. The molecule has 100 valence electrons. The molecule has 1 unspecified atom stereocenters. The van der Waals surface area contributed by atoms with Crippen molar-refractivity contribution in [3.63, 3.8) is 0 Å². The van der Waals surface area contributed by atoms with Crippen LogP contribution in [-0.2, 0) is 4.74 Å². The van der Waals surface area contributed by atoms with E-state index in [2.05, 4.69) is 5.32 Å². The molecule has 0 radical (unpaired) electrons. The number of methoxy groups -OCH3 is 1. The van der Waals surface area contributed by atoms with Crippen molar-refractivity contribution in [2.75, 3.05) is 25.6 Å². The highest BCUT2D eigenvalue weighted by atomic mass is 16.5. The van der Waals surface area contributed by atoms with Crippen LogP contribution in [0.5, 0.6) is 0 Å². The molecular formula is C13H21N3O2. The van der Waals surface area contributed by atoms with E-state index in [0.717, 1.165) is 18.5 Å². The summed E-state index contributed by atoms with van der Waals surface area (Å²) in [4.78, 5) is 11.1. The normalized spacial score (nSPS) is 12.1. The molecule has 0 heterocycles. The van der Waals surface area contributed by atoms with E-state index in [1.165, 1.54) is 0 Å². The molecule has 1 amide bonds. The quantitative estimate of drug-likeness (QED) is 0.641. The lowest BCUT2D eigenvalue weighted by atomic mass is 10.1. The van der Waals surface area contributed by atoms with Crippen molar-refractivity contribution in [3.05, 3.63) is 29.8 Å². The van der Waals surface area contributed by atoms with Crippen LogP contribution in [0.2, 0.25) is 0 Å². The minimum absolute atomic E-state index is 0.182. The van der Waals surface area contributed by atoms with E-state index in [-0.39, 0.29) is 6.04 Å². The summed E-state index contributed by atoms with van der Waals surface area (Å²) < 4.78 is 5.16. The molecule has 0 aliphatic carbocycles. The summed E-state index contributed by atoms with van der Waals surface area (Å²) in [6.45, 7) is 1.25. The highest BCUT2D eigenvalue weighted by Crippen LogP contribution is 2.13. The summed E-state index contributed by atoms with van der Waals surface area (Å²) in [6, 6.07) is 7.32. The summed E-state index contributed by atoms with van der Waals surface area (Å²) in [7, 11) is 1.66. The van der Waals surface area contributed by atoms with Crippen LogP contribution in [0.4, 0.5) is 5.69 Å². The van der Waals surface area contributed by atoms with Crippen LogP contribution in [0.3, 0.4) is 0 Å². The van der Waals surface area contributed by atoms with Gasteiger partial charge < -0.3 is 21.5 Å². The first-order valence-electron chi connectivity index (χ1n) is 6.02. The van der Waals surface area contributed by atoms with Crippen molar-refractivity contribution < 1.29 is 9.53 Å². The van der Waals surface area contributed by atoms with Gasteiger partial charge in [-0.25, -0.2) is 0 Å². The van der Waals surface area contributed by atoms with Gasteiger partial charge in [-0.3, -0.25) is 4.79 Å². The zero-order valence-electron chi connectivity index (χ0n) is 10.7. The largest absolute Gasteiger partial charge is 0.383 e. The van der Waals surface area contributed by atoms with Crippen molar-refractivity contribution in [1.82, 2.24) is 0 Å². The Kier molecular flexibility index (Phi) is 6.18. The third kappa shape index (κ3) is 4.73. The number of rotatable bonds is 8. The average Bonchev–Trinajstić information content (AvgIpc) is 2.36. The fourth-order valence-corrected chi connectivity index (χ4v) is 1.76. The van der Waals surface area contributed by atoms with Gasteiger partial charge in [0.15, 0.2) is 0 Å². The molecule has 0 saturated heterocycles. The molecule has 0 aliphatic rings. The summed E-state index contributed by atoms with van der Waals surface area (Å²) in [5.41, 5.74) is 12.1. The molecule has 0 aliphatic heterocycles. The zero-order chi connectivity index (χ0) is 13.4. The van der Waals surface area contributed by atoms with Crippen LogP contribution in [0.15, 0.2) is 24.3 Å². The van der Waals surface area contributed by atoms with Gasteiger partial charge in [-0.1, -0.05) is 6.07 Å².